The summed E-state index contributed by atoms with van der Waals surface area (Å²) in [6, 6.07) is -0.634. The summed E-state index contributed by atoms with van der Waals surface area (Å²) in [6.45, 7) is 0. The van der Waals surface area contributed by atoms with E-state index in [1.807, 2.05) is 0 Å². The SMILES string of the molecule is O=C(O)OC1=C(CSc2n[nH]c(C(F)(F)F)n2)CS[C@H]2C(Nc3ncc[nH]3)C(=O)N12. The number of H-pyrrole nitrogens is 2. The number of ether oxygens (including phenoxy) is 1. The van der Waals surface area contributed by atoms with Crippen LogP contribution in [0.1, 0.15) is 5.82 Å². The van der Waals surface area contributed by atoms with Crippen LogP contribution in [0.15, 0.2) is 29.0 Å². The molecule has 4 rings (SSSR count). The van der Waals surface area contributed by atoms with Crippen molar-refractivity contribution in [1.29, 1.82) is 0 Å². The van der Waals surface area contributed by atoms with Crippen molar-refractivity contribution in [3.8, 4) is 0 Å². The Bertz CT molecular complexity index is 994. The van der Waals surface area contributed by atoms with E-state index >= 15 is 0 Å². The highest BCUT2D eigenvalue weighted by Crippen LogP contribution is 2.42. The Balaban J connectivity index is 1.49. The summed E-state index contributed by atoms with van der Waals surface area (Å²) in [5.74, 6) is -1.06. The third-order valence-corrected chi connectivity index (χ3v) is 6.35. The van der Waals surface area contributed by atoms with Gasteiger partial charge in [0, 0.05) is 29.5 Å². The molecular weight excluding hydrogens is 451 g/mol. The minimum atomic E-state index is -4.66. The Labute approximate surface area is 173 Å². The van der Waals surface area contributed by atoms with Crippen molar-refractivity contribution in [2.75, 3.05) is 16.8 Å². The quantitative estimate of drug-likeness (QED) is 0.284. The second kappa shape index (κ2) is 7.75. The number of hydrogen-bond acceptors (Lipinski definition) is 9. The maximum atomic E-state index is 12.6. The molecule has 2 atom stereocenters. The Morgan fingerprint density at radius 3 is 2.93 bits per heavy atom. The van der Waals surface area contributed by atoms with E-state index in [0.29, 0.717) is 17.3 Å². The number of carboxylic acid groups (broad SMARTS) is 1. The van der Waals surface area contributed by atoms with Crippen LogP contribution in [0.25, 0.3) is 0 Å². The van der Waals surface area contributed by atoms with E-state index in [0.717, 1.165) is 11.8 Å². The maximum Gasteiger partial charge on any atom is 0.512 e. The summed E-state index contributed by atoms with van der Waals surface area (Å²) in [5.41, 5.74) is 0.423. The molecule has 0 saturated carbocycles. The smallest absolute Gasteiger partial charge is 0.449 e. The highest BCUT2D eigenvalue weighted by atomic mass is 32.2. The zero-order valence-corrected chi connectivity index (χ0v) is 16.3. The third kappa shape index (κ3) is 3.91. The fourth-order valence-corrected chi connectivity index (χ4v) is 5.04. The van der Waals surface area contributed by atoms with Gasteiger partial charge in [0.1, 0.15) is 11.4 Å². The van der Waals surface area contributed by atoms with Crippen LogP contribution in [0, 0.1) is 0 Å². The molecule has 1 unspecified atom stereocenters. The van der Waals surface area contributed by atoms with E-state index in [4.69, 9.17) is 9.84 Å². The van der Waals surface area contributed by atoms with Crippen LogP contribution < -0.4 is 5.32 Å². The van der Waals surface area contributed by atoms with Gasteiger partial charge in [0.2, 0.25) is 22.8 Å². The van der Waals surface area contributed by atoms with Crippen LogP contribution in [0.3, 0.4) is 0 Å². The van der Waals surface area contributed by atoms with Crippen LogP contribution in [0.2, 0.25) is 0 Å². The van der Waals surface area contributed by atoms with Gasteiger partial charge in [-0.05, 0) is 0 Å². The van der Waals surface area contributed by atoms with Crippen molar-refractivity contribution >= 4 is 41.5 Å². The van der Waals surface area contributed by atoms with Gasteiger partial charge < -0.3 is 20.1 Å². The number of rotatable bonds is 6. The number of halogens is 3. The molecule has 2 aromatic rings. The minimum absolute atomic E-state index is 0.0392. The van der Waals surface area contributed by atoms with E-state index < -0.39 is 35.5 Å². The van der Waals surface area contributed by atoms with Crippen molar-refractivity contribution in [3.05, 3.63) is 29.7 Å². The molecule has 160 valence electrons. The van der Waals surface area contributed by atoms with Gasteiger partial charge in [-0.15, -0.1) is 16.9 Å². The molecule has 0 aliphatic carbocycles. The van der Waals surface area contributed by atoms with Crippen molar-refractivity contribution in [2.45, 2.75) is 22.7 Å². The summed E-state index contributed by atoms with van der Waals surface area (Å²) < 4.78 is 42.7. The second-order valence-electron chi connectivity index (χ2n) is 6.00. The first-order chi connectivity index (χ1) is 14.2. The molecule has 2 aromatic heterocycles. The molecule has 0 radical (unpaired) electrons. The third-order valence-electron chi connectivity index (χ3n) is 4.08. The topological polar surface area (TPSA) is 149 Å². The van der Waals surface area contributed by atoms with Crippen molar-refractivity contribution in [2.24, 2.45) is 0 Å². The van der Waals surface area contributed by atoms with Gasteiger partial charge >= 0.3 is 12.3 Å². The molecule has 4 heterocycles. The normalized spacial score (nSPS) is 21.3. The second-order valence-corrected chi connectivity index (χ2v) is 8.05. The molecule has 16 heteroatoms. The molecule has 11 nitrogen and oxygen atoms in total. The maximum absolute atomic E-state index is 12.6. The molecule has 1 fully saturated rings. The Hall–Kier alpha value is -2.88. The Morgan fingerprint density at radius 1 is 1.50 bits per heavy atom. The molecule has 2 aliphatic heterocycles. The first kappa shape index (κ1) is 20.4. The fraction of sp³-hybridized carbons (Fsp3) is 0.357. The molecular formula is C14H12F3N7O4S2. The zero-order valence-electron chi connectivity index (χ0n) is 14.6. The lowest BCUT2D eigenvalue weighted by molar-refractivity contribution is -0.145. The van der Waals surface area contributed by atoms with Crippen LogP contribution >= 0.6 is 23.5 Å². The van der Waals surface area contributed by atoms with Crippen molar-refractivity contribution in [3.63, 3.8) is 0 Å². The number of nitrogens with zero attached hydrogens (tertiary/aromatic N) is 4. The number of fused-ring (bicyclic) bond motifs is 1. The number of carbonyl (C=O) groups excluding carboxylic acids is 1. The number of thioether (sulfide) groups is 2. The molecule has 0 spiro atoms. The largest absolute Gasteiger partial charge is 0.512 e. The average Bonchev–Trinajstić information content (AvgIpc) is 3.35. The number of aromatic nitrogens is 5. The number of carbonyl (C=O) groups is 2. The standard InChI is InChI=1S/C14H12F3N7O4S2/c15-14(16,17)10-21-12(23-22-10)30-4-5-3-29-9-6(20-11-18-1-2-19-11)7(25)24(9)8(5)28-13(26)27/h1-2,6,9H,3-4H2,(H,26,27)(H2,18,19,20)(H,21,22,23)/t6?,9-/m0/s1. The van der Waals surface area contributed by atoms with Gasteiger partial charge in [-0.1, -0.05) is 11.8 Å². The summed E-state index contributed by atoms with van der Waals surface area (Å²) in [5, 5.41) is 16.7. The van der Waals surface area contributed by atoms with Crippen molar-refractivity contribution < 1.29 is 32.6 Å². The van der Waals surface area contributed by atoms with Crippen LogP contribution in [0.4, 0.5) is 23.9 Å². The van der Waals surface area contributed by atoms with Gasteiger partial charge in [-0.3, -0.25) is 14.8 Å². The number of nitrogens with one attached hydrogen (secondary N) is 3. The van der Waals surface area contributed by atoms with Gasteiger partial charge in [-0.25, -0.2) is 9.78 Å². The molecule has 30 heavy (non-hydrogen) atoms. The van der Waals surface area contributed by atoms with Gasteiger partial charge in [0.05, 0.1) is 0 Å². The fourth-order valence-electron chi connectivity index (χ4n) is 2.79. The molecule has 4 N–H and O–H groups in total. The van der Waals surface area contributed by atoms with E-state index in [2.05, 4.69) is 25.4 Å². The van der Waals surface area contributed by atoms with Gasteiger partial charge in [0.25, 0.3) is 5.91 Å². The summed E-state index contributed by atoms with van der Waals surface area (Å²) in [7, 11) is 0. The highest BCUT2D eigenvalue weighted by Gasteiger charge is 2.53. The first-order valence-electron chi connectivity index (χ1n) is 8.20. The van der Waals surface area contributed by atoms with E-state index in [1.165, 1.54) is 22.9 Å². The number of anilines is 1. The average molecular weight is 463 g/mol. The van der Waals surface area contributed by atoms with E-state index in [9.17, 15) is 22.8 Å². The molecule has 1 amide bonds. The summed E-state index contributed by atoms with van der Waals surface area (Å²) in [6.07, 6.45) is -3.17. The van der Waals surface area contributed by atoms with Crippen LogP contribution in [-0.4, -0.2) is 70.1 Å². The lowest BCUT2D eigenvalue weighted by atomic mass is 10.1. The number of aromatic amines is 2. The van der Waals surface area contributed by atoms with E-state index in [1.54, 1.807) is 11.3 Å². The molecule has 2 aliphatic rings. The summed E-state index contributed by atoms with van der Waals surface area (Å²) in [4.78, 5) is 35.1. The number of hydrogen-bond donors (Lipinski definition) is 4. The number of alkyl halides is 3. The Kier molecular flexibility index (Phi) is 5.27. The lowest BCUT2D eigenvalue weighted by Crippen LogP contribution is -2.67. The number of amides is 1. The van der Waals surface area contributed by atoms with Crippen LogP contribution in [0.5, 0.6) is 0 Å². The lowest BCUT2D eigenvalue weighted by Gasteiger charge is -2.49. The van der Waals surface area contributed by atoms with Crippen molar-refractivity contribution in [1.82, 2.24) is 30.0 Å². The first-order valence-corrected chi connectivity index (χ1v) is 10.2. The monoisotopic (exact) mass is 463 g/mol. The molecule has 0 aromatic carbocycles. The minimum Gasteiger partial charge on any atom is -0.449 e. The molecule has 0 bridgehead atoms. The number of imidazole rings is 1. The number of β-lactam (4-membered cyclic amide) rings is 1. The summed E-state index contributed by atoms with van der Waals surface area (Å²) >= 11 is 2.22. The highest BCUT2D eigenvalue weighted by molar-refractivity contribution is 8.01. The Morgan fingerprint density at radius 2 is 2.30 bits per heavy atom. The molecule has 1 saturated heterocycles. The predicted octanol–water partition coefficient (Wildman–Crippen LogP) is 1.94. The van der Waals surface area contributed by atoms with Crippen LogP contribution in [-0.2, 0) is 15.7 Å². The van der Waals surface area contributed by atoms with Gasteiger partial charge in [-0.2, -0.15) is 18.2 Å². The van der Waals surface area contributed by atoms with E-state index in [-0.39, 0.29) is 16.8 Å². The predicted molar refractivity (Wildman–Crippen MR) is 97.3 cm³/mol. The zero-order chi connectivity index (χ0) is 21.5. The van der Waals surface area contributed by atoms with Gasteiger partial charge in [0.15, 0.2) is 0 Å².